The lowest BCUT2D eigenvalue weighted by molar-refractivity contribution is -0.277. The van der Waals surface area contributed by atoms with Gasteiger partial charge in [-0.25, -0.2) is 0 Å². The van der Waals surface area contributed by atoms with E-state index in [0.29, 0.717) is 0 Å². The second-order valence-corrected chi connectivity index (χ2v) is 7.29. The number of phenolic OH excluding ortho intramolecular Hbond substituents is 2. The molecule has 0 radical (unpaired) electrons. The summed E-state index contributed by atoms with van der Waals surface area (Å²) in [5, 5.41) is 69.0. The van der Waals surface area contributed by atoms with Crippen molar-refractivity contribution in [1.82, 2.24) is 0 Å². The van der Waals surface area contributed by atoms with Crippen LogP contribution in [0, 0.1) is 0 Å². The number of ether oxygens (including phenoxy) is 2. The van der Waals surface area contributed by atoms with Crippen LogP contribution in [0.5, 0.6) is 23.0 Å². The first-order valence-electron chi connectivity index (χ1n) is 9.50. The van der Waals surface area contributed by atoms with E-state index in [9.17, 15) is 40.5 Å². The molecule has 1 fully saturated rings. The summed E-state index contributed by atoms with van der Waals surface area (Å²) in [6.07, 6.45) is -7.98. The van der Waals surface area contributed by atoms with E-state index in [-0.39, 0.29) is 39.5 Å². The fourth-order valence-electron chi connectivity index (χ4n) is 3.45. The zero-order valence-electron chi connectivity index (χ0n) is 16.3. The second kappa shape index (κ2) is 8.30. The Labute approximate surface area is 179 Å². The van der Waals surface area contributed by atoms with Crippen LogP contribution in [0.15, 0.2) is 45.6 Å². The topological polar surface area (TPSA) is 190 Å². The Hall–Kier alpha value is -3.35. The van der Waals surface area contributed by atoms with E-state index in [4.69, 9.17) is 13.9 Å². The Morgan fingerprint density at radius 3 is 2.25 bits per heavy atom. The summed E-state index contributed by atoms with van der Waals surface area (Å²) in [5.41, 5.74) is -0.816. The number of aliphatic hydroxyl groups is 4. The molecule has 2 heterocycles. The average molecular weight is 448 g/mol. The van der Waals surface area contributed by atoms with Gasteiger partial charge in [-0.3, -0.25) is 4.79 Å². The van der Waals surface area contributed by atoms with Crippen LogP contribution in [-0.4, -0.2) is 73.1 Å². The molecular formula is C21H20O11. The predicted octanol–water partition coefficient (Wildman–Crippen LogP) is -0.245. The van der Waals surface area contributed by atoms with Gasteiger partial charge in [0.15, 0.2) is 5.76 Å². The molecule has 0 spiro atoms. The third kappa shape index (κ3) is 3.72. The number of phenols is 2. The molecule has 0 aliphatic carbocycles. The summed E-state index contributed by atoms with van der Waals surface area (Å²) in [6.45, 7) is -0.690. The normalized spacial score (nSPS) is 25.7. The van der Waals surface area contributed by atoms with E-state index < -0.39 is 48.5 Å². The number of aliphatic hydroxyl groups excluding tert-OH is 4. The number of aromatic hydroxyl groups is 3. The van der Waals surface area contributed by atoms with E-state index in [2.05, 4.69) is 0 Å². The molecule has 1 aliphatic heterocycles. The minimum atomic E-state index is -1.76. The Morgan fingerprint density at radius 1 is 0.906 bits per heavy atom. The van der Waals surface area contributed by atoms with Gasteiger partial charge in [0, 0.05) is 17.7 Å². The zero-order chi connectivity index (χ0) is 23.2. The van der Waals surface area contributed by atoms with Crippen LogP contribution in [0.2, 0.25) is 0 Å². The third-order valence-corrected chi connectivity index (χ3v) is 5.14. The quantitative estimate of drug-likeness (QED) is 0.279. The number of hydrogen-bond donors (Lipinski definition) is 7. The standard InChI is InChI=1S/C21H20O11/c22-7-13-15(25)17(27)19(29)21(32-13)31-12-6-10(24)5-11-14(12)16(26)18(28)20(30-11)8-1-3-9(23)4-2-8/h1-6,13,15,17,19,21-25,27-29H,7H2/t13-,15-,17+,19-,21+/m0/s1. The molecule has 7 N–H and O–H groups in total. The average Bonchev–Trinajstić information content (AvgIpc) is 2.77. The molecule has 1 aliphatic rings. The molecule has 11 heteroatoms. The van der Waals surface area contributed by atoms with E-state index >= 15 is 0 Å². The van der Waals surface area contributed by atoms with Crippen LogP contribution in [0.4, 0.5) is 0 Å². The Bertz CT molecular complexity index is 1190. The lowest BCUT2D eigenvalue weighted by atomic mass is 9.99. The van der Waals surface area contributed by atoms with Crippen molar-refractivity contribution in [2.24, 2.45) is 0 Å². The largest absolute Gasteiger partial charge is 0.508 e. The van der Waals surface area contributed by atoms with Gasteiger partial charge < -0.3 is 49.6 Å². The Kier molecular flexibility index (Phi) is 5.67. The molecule has 32 heavy (non-hydrogen) atoms. The van der Waals surface area contributed by atoms with Gasteiger partial charge in [-0.2, -0.15) is 0 Å². The predicted molar refractivity (Wildman–Crippen MR) is 107 cm³/mol. The smallest absolute Gasteiger partial charge is 0.238 e. The summed E-state index contributed by atoms with van der Waals surface area (Å²) >= 11 is 0. The fourth-order valence-corrected chi connectivity index (χ4v) is 3.45. The van der Waals surface area contributed by atoms with E-state index in [1.54, 1.807) is 0 Å². The van der Waals surface area contributed by atoms with Gasteiger partial charge >= 0.3 is 0 Å². The highest BCUT2D eigenvalue weighted by atomic mass is 16.7. The second-order valence-electron chi connectivity index (χ2n) is 7.29. The summed E-state index contributed by atoms with van der Waals surface area (Å²) in [6, 6.07) is 7.60. The minimum absolute atomic E-state index is 0.0377. The van der Waals surface area contributed by atoms with E-state index in [1.807, 2.05) is 0 Å². The molecule has 170 valence electrons. The number of rotatable bonds is 4. The molecular weight excluding hydrogens is 428 g/mol. The maximum Gasteiger partial charge on any atom is 0.238 e. The van der Waals surface area contributed by atoms with Crippen LogP contribution in [-0.2, 0) is 4.74 Å². The van der Waals surface area contributed by atoms with Crippen molar-refractivity contribution in [3.63, 3.8) is 0 Å². The fraction of sp³-hybridized carbons (Fsp3) is 0.286. The lowest BCUT2D eigenvalue weighted by Crippen LogP contribution is -2.60. The molecule has 1 aromatic heterocycles. The van der Waals surface area contributed by atoms with Crippen LogP contribution in [0.3, 0.4) is 0 Å². The van der Waals surface area contributed by atoms with Gasteiger partial charge in [0.25, 0.3) is 0 Å². The molecule has 5 atom stereocenters. The van der Waals surface area contributed by atoms with Crippen molar-refractivity contribution in [2.75, 3.05) is 6.61 Å². The molecule has 0 amide bonds. The van der Waals surface area contributed by atoms with Crippen LogP contribution in [0.25, 0.3) is 22.3 Å². The van der Waals surface area contributed by atoms with Gasteiger partial charge in [-0.15, -0.1) is 0 Å². The van der Waals surface area contributed by atoms with Gasteiger partial charge in [-0.05, 0) is 24.3 Å². The first-order chi connectivity index (χ1) is 15.2. The first kappa shape index (κ1) is 21.9. The molecule has 0 saturated carbocycles. The lowest BCUT2D eigenvalue weighted by Gasteiger charge is -2.39. The van der Waals surface area contributed by atoms with Gasteiger partial charge in [0.05, 0.1) is 6.61 Å². The SMILES string of the molecule is O=c1c(O)c(-c2ccc(O)cc2)oc2cc(O)cc(O[C@@H]3O[C@@H](CO)[C@H](O)[C@@H](O)[C@@H]3O)c12. The highest BCUT2D eigenvalue weighted by Gasteiger charge is 2.45. The molecule has 11 nitrogen and oxygen atoms in total. The maximum atomic E-state index is 12.9. The molecule has 2 aromatic carbocycles. The number of benzene rings is 2. The first-order valence-corrected chi connectivity index (χ1v) is 9.50. The highest BCUT2D eigenvalue weighted by molar-refractivity contribution is 5.88. The number of hydrogen-bond acceptors (Lipinski definition) is 11. The molecule has 0 bridgehead atoms. The van der Waals surface area contributed by atoms with Gasteiger partial charge in [-0.1, -0.05) is 0 Å². The van der Waals surface area contributed by atoms with Crippen molar-refractivity contribution in [2.45, 2.75) is 30.7 Å². The van der Waals surface area contributed by atoms with Crippen molar-refractivity contribution in [1.29, 1.82) is 0 Å². The maximum absolute atomic E-state index is 12.9. The Morgan fingerprint density at radius 2 is 1.59 bits per heavy atom. The van der Waals surface area contributed by atoms with Crippen molar-refractivity contribution in [3.8, 4) is 34.3 Å². The van der Waals surface area contributed by atoms with E-state index in [0.717, 1.165) is 12.1 Å². The van der Waals surface area contributed by atoms with Crippen molar-refractivity contribution >= 4 is 11.0 Å². The van der Waals surface area contributed by atoms with Crippen LogP contribution >= 0.6 is 0 Å². The van der Waals surface area contributed by atoms with Crippen LogP contribution in [0.1, 0.15) is 0 Å². The minimum Gasteiger partial charge on any atom is -0.508 e. The van der Waals surface area contributed by atoms with Gasteiger partial charge in [0.2, 0.25) is 17.5 Å². The molecule has 3 aromatic rings. The van der Waals surface area contributed by atoms with E-state index in [1.165, 1.54) is 24.3 Å². The number of fused-ring (bicyclic) bond motifs is 1. The third-order valence-electron chi connectivity index (χ3n) is 5.14. The highest BCUT2D eigenvalue weighted by Crippen LogP contribution is 2.37. The summed E-state index contributed by atoms with van der Waals surface area (Å²) in [7, 11) is 0. The Balaban J connectivity index is 1.80. The molecule has 0 unspecified atom stereocenters. The van der Waals surface area contributed by atoms with Crippen molar-refractivity contribution < 1.29 is 49.6 Å². The molecule has 4 rings (SSSR count). The summed E-state index contributed by atoms with van der Waals surface area (Å²) in [5.74, 6) is -1.75. The van der Waals surface area contributed by atoms with Gasteiger partial charge in [0.1, 0.15) is 52.6 Å². The van der Waals surface area contributed by atoms with Crippen LogP contribution < -0.4 is 10.2 Å². The molecule has 1 saturated heterocycles. The summed E-state index contributed by atoms with van der Waals surface area (Å²) < 4.78 is 16.4. The monoisotopic (exact) mass is 448 g/mol. The zero-order valence-corrected chi connectivity index (χ0v) is 16.3. The summed E-state index contributed by atoms with van der Waals surface area (Å²) in [4.78, 5) is 12.9. The van der Waals surface area contributed by atoms with Crippen molar-refractivity contribution in [3.05, 3.63) is 46.6 Å².